The van der Waals surface area contributed by atoms with E-state index in [-0.39, 0.29) is 5.54 Å². The summed E-state index contributed by atoms with van der Waals surface area (Å²) in [4.78, 5) is 0. The highest BCUT2D eigenvalue weighted by Crippen LogP contribution is 2.16. The van der Waals surface area contributed by atoms with Gasteiger partial charge in [-0.25, -0.2) is 0 Å². The molecule has 90 valence electrons. The maximum Gasteiger partial charge on any atom is 0.0247 e. The third kappa shape index (κ3) is 4.24. The lowest BCUT2D eigenvalue weighted by atomic mass is 10.0. The predicted molar refractivity (Wildman–Crippen MR) is 73.7 cm³/mol. The van der Waals surface area contributed by atoms with Crippen molar-refractivity contribution in [2.75, 3.05) is 13.1 Å². The summed E-state index contributed by atoms with van der Waals surface area (Å²) in [5.74, 6) is 0. The van der Waals surface area contributed by atoms with E-state index in [9.17, 15) is 0 Å². The summed E-state index contributed by atoms with van der Waals surface area (Å²) in [7, 11) is 0. The standard InChI is InChI=1S/C13H21BrN2/c1-10-4-5-12(14)8-11(10)6-7-16-13(2,3)9-15/h4-5,8,16H,6-7,9,15H2,1-3H3. The molecule has 1 aromatic rings. The van der Waals surface area contributed by atoms with Crippen molar-refractivity contribution in [3.05, 3.63) is 33.8 Å². The molecule has 0 fully saturated rings. The fraction of sp³-hybridized carbons (Fsp3) is 0.538. The zero-order valence-corrected chi connectivity index (χ0v) is 11.9. The van der Waals surface area contributed by atoms with E-state index in [0.29, 0.717) is 6.54 Å². The van der Waals surface area contributed by atoms with Crippen LogP contribution in [-0.4, -0.2) is 18.6 Å². The number of halogens is 1. The number of nitrogens with one attached hydrogen (secondary N) is 1. The van der Waals surface area contributed by atoms with Crippen LogP contribution in [0.1, 0.15) is 25.0 Å². The minimum absolute atomic E-state index is 0.0277. The van der Waals surface area contributed by atoms with E-state index in [1.807, 2.05) is 0 Å². The van der Waals surface area contributed by atoms with Crippen LogP contribution in [0, 0.1) is 6.92 Å². The Morgan fingerprint density at radius 1 is 1.38 bits per heavy atom. The summed E-state index contributed by atoms with van der Waals surface area (Å²) in [5, 5.41) is 3.46. The molecular formula is C13H21BrN2. The van der Waals surface area contributed by atoms with Gasteiger partial charge >= 0.3 is 0 Å². The SMILES string of the molecule is Cc1ccc(Br)cc1CCNC(C)(C)CN. The zero-order chi connectivity index (χ0) is 12.2. The molecule has 0 saturated carbocycles. The van der Waals surface area contributed by atoms with Crippen LogP contribution >= 0.6 is 15.9 Å². The molecular weight excluding hydrogens is 264 g/mol. The highest BCUT2D eigenvalue weighted by Gasteiger charge is 2.13. The molecule has 0 amide bonds. The molecule has 3 N–H and O–H groups in total. The van der Waals surface area contributed by atoms with Crippen LogP contribution < -0.4 is 11.1 Å². The summed E-state index contributed by atoms with van der Waals surface area (Å²) < 4.78 is 1.14. The average molecular weight is 285 g/mol. The molecule has 0 aliphatic heterocycles. The van der Waals surface area contributed by atoms with Gasteiger partial charge in [0.1, 0.15) is 0 Å². The predicted octanol–water partition coefficient (Wildman–Crippen LogP) is 2.63. The van der Waals surface area contributed by atoms with Gasteiger partial charge in [0.2, 0.25) is 0 Å². The van der Waals surface area contributed by atoms with Crippen LogP contribution in [-0.2, 0) is 6.42 Å². The van der Waals surface area contributed by atoms with Crippen LogP contribution in [0.15, 0.2) is 22.7 Å². The molecule has 0 aliphatic rings. The smallest absolute Gasteiger partial charge is 0.0247 e. The van der Waals surface area contributed by atoms with Crippen LogP contribution in [0.4, 0.5) is 0 Å². The first-order valence-electron chi connectivity index (χ1n) is 5.65. The van der Waals surface area contributed by atoms with Gasteiger partial charge in [0.15, 0.2) is 0 Å². The minimum Gasteiger partial charge on any atom is -0.329 e. The molecule has 0 heterocycles. The van der Waals surface area contributed by atoms with Crippen molar-refractivity contribution in [3.8, 4) is 0 Å². The molecule has 0 bridgehead atoms. The Morgan fingerprint density at radius 3 is 2.69 bits per heavy atom. The molecule has 0 unspecified atom stereocenters. The molecule has 3 heteroatoms. The zero-order valence-electron chi connectivity index (χ0n) is 10.3. The van der Waals surface area contributed by atoms with E-state index < -0.39 is 0 Å². The normalized spacial score (nSPS) is 11.8. The summed E-state index contributed by atoms with van der Waals surface area (Å²) in [6.07, 6.45) is 1.04. The van der Waals surface area contributed by atoms with Crippen molar-refractivity contribution in [2.24, 2.45) is 5.73 Å². The number of rotatable bonds is 5. The molecule has 1 aromatic carbocycles. The van der Waals surface area contributed by atoms with E-state index in [4.69, 9.17) is 5.73 Å². The van der Waals surface area contributed by atoms with E-state index in [2.05, 4.69) is 60.2 Å². The van der Waals surface area contributed by atoms with Gasteiger partial charge in [0.05, 0.1) is 0 Å². The molecule has 2 nitrogen and oxygen atoms in total. The fourth-order valence-corrected chi connectivity index (χ4v) is 1.93. The molecule has 0 aliphatic carbocycles. The fourth-order valence-electron chi connectivity index (χ4n) is 1.52. The first-order chi connectivity index (χ1) is 7.44. The van der Waals surface area contributed by atoms with Crippen molar-refractivity contribution in [1.29, 1.82) is 0 Å². The van der Waals surface area contributed by atoms with E-state index in [1.165, 1.54) is 11.1 Å². The van der Waals surface area contributed by atoms with Crippen LogP contribution in [0.3, 0.4) is 0 Å². The Kier molecular flexibility index (Phi) is 4.96. The lowest BCUT2D eigenvalue weighted by Crippen LogP contribution is -2.46. The van der Waals surface area contributed by atoms with Gasteiger partial charge in [-0.1, -0.05) is 22.0 Å². The molecule has 0 atom stereocenters. The first kappa shape index (κ1) is 13.7. The lowest BCUT2D eigenvalue weighted by molar-refractivity contribution is 0.401. The van der Waals surface area contributed by atoms with Gasteiger partial charge < -0.3 is 11.1 Å². The Morgan fingerprint density at radius 2 is 2.06 bits per heavy atom. The summed E-state index contributed by atoms with van der Waals surface area (Å²) in [5.41, 5.74) is 8.42. The molecule has 1 rings (SSSR count). The lowest BCUT2D eigenvalue weighted by Gasteiger charge is -2.24. The first-order valence-corrected chi connectivity index (χ1v) is 6.44. The highest BCUT2D eigenvalue weighted by atomic mass is 79.9. The van der Waals surface area contributed by atoms with Crippen molar-refractivity contribution in [2.45, 2.75) is 32.7 Å². The quantitative estimate of drug-likeness (QED) is 0.872. The van der Waals surface area contributed by atoms with Gasteiger partial charge in [-0.05, 0) is 57.0 Å². The summed E-state index contributed by atoms with van der Waals surface area (Å²) in [6.45, 7) is 8.02. The van der Waals surface area contributed by atoms with Crippen molar-refractivity contribution in [1.82, 2.24) is 5.32 Å². The topological polar surface area (TPSA) is 38.0 Å². The second-order valence-corrected chi connectivity index (χ2v) is 5.75. The van der Waals surface area contributed by atoms with E-state index in [1.54, 1.807) is 0 Å². The number of hydrogen-bond donors (Lipinski definition) is 2. The van der Waals surface area contributed by atoms with Crippen LogP contribution in [0.5, 0.6) is 0 Å². The van der Waals surface area contributed by atoms with Crippen molar-refractivity contribution < 1.29 is 0 Å². The summed E-state index contributed by atoms with van der Waals surface area (Å²) in [6, 6.07) is 6.41. The summed E-state index contributed by atoms with van der Waals surface area (Å²) >= 11 is 3.50. The monoisotopic (exact) mass is 284 g/mol. The molecule has 16 heavy (non-hydrogen) atoms. The Labute approximate surface area is 107 Å². The Bertz CT molecular complexity index is 348. The van der Waals surface area contributed by atoms with Crippen LogP contribution in [0.25, 0.3) is 0 Å². The Balaban J connectivity index is 2.52. The average Bonchev–Trinajstić information content (AvgIpc) is 2.23. The maximum absolute atomic E-state index is 5.67. The third-order valence-electron chi connectivity index (χ3n) is 2.82. The van der Waals surface area contributed by atoms with Gasteiger partial charge in [-0.3, -0.25) is 0 Å². The molecule has 0 spiro atoms. The maximum atomic E-state index is 5.67. The van der Waals surface area contributed by atoms with Gasteiger partial charge in [0, 0.05) is 16.6 Å². The molecule has 0 aromatic heterocycles. The van der Waals surface area contributed by atoms with E-state index in [0.717, 1.165) is 17.4 Å². The minimum atomic E-state index is 0.0277. The van der Waals surface area contributed by atoms with Crippen molar-refractivity contribution in [3.63, 3.8) is 0 Å². The molecule has 0 radical (unpaired) electrons. The largest absolute Gasteiger partial charge is 0.329 e. The number of nitrogens with two attached hydrogens (primary N) is 1. The van der Waals surface area contributed by atoms with Crippen LogP contribution in [0.2, 0.25) is 0 Å². The van der Waals surface area contributed by atoms with Gasteiger partial charge in [-0.2, -0.15) is 0 Å². The highest BCUT2D eigenvalue weighted by molar-refractivity contribution is 9.10. The Hall–Kier alpha value is -0.380. The van der Waals surface area contributed by atoms with Gasteiger partial charge in [0.25, 0.3) is 0 Å². The molecule has 0 saturated heterocycles. The van der Waals surface area contributed by atoms with Gasteiger partial charge in [-0.15, -0.1) is 0 Å². The van der Waals surface area contributed by atoms with Crippen molar-refractivity contribution >= 4 is 15.9 Å². The van der Waals surface area contributed by atoms with E-state index >= 15 is 0 Å². The third-order valence-corrected chi connectivity index (χ3v) is 3.31. The second kappa shape index (κ2) is 5.80. The number of hydrogen-bond acceptors (Lipinski definition) is 2. The number of benzene rings is 1. The second-order valence-electron chi connectivity index (χ2n) is 4.84. The number of aryl methyl sites for hydroxylation is 1.